The zero-order valence-electron chi connectivity index (χ0n) is 11.9. The van der Waals surface area contributed by atoms with Crippen LogP contribution in [0.25, 0.3) is 0 Å². The summed E-state index contributed by atoms with van der Waals surface area (Å²) in [6.45, 7) is 4.02. The predicted octanol–water partition coefficient (Wildman–Crippen LogP) is 2.86. The van der Waals surface area contributed by atoms with Crippen molar-refractivity contribution in [2.75, 3.05) is 26.7 Å². The molecule has 0 spiro atoms. The van der Waals surface area contributed by atoms with Crippen molar-refractivity contribution >= 4 is 17.5 Å². The number of hydrogen-bond acceptors (Lipinski definition) is 2. The molecule has 1 aromatic carbocycles. The van der Waals surface area contributed by atoms with E-state index in [4.69, 9.17) is 11.6 Å². The number of aryl methyl sites for hydroxylation is 1. The second-order valence-corrected chi connectivity index (χ2v) is 5.78. The van der Waals surface area contributed by atoms with E-state index < -0.39 is 0 Å². The van der Waals surface area contributed by atoms with Crippen molar-refractivity contribution in [3.05, 3.63) is 34.1 Å². The topological polar surface area (TPSA) is 32.3 Å². The van der Waals surface area contributed by atoms with Crippen molar-refractivity contribution in [2.24, 2.45) is 5.92 Å². The van der Waals surface area contributed by atoms with Crippen LogP contribution in [0, 0.1) is 18.7 Å². The van der Waals surface area contributed by atoms with Gasteiger partial charge in [-0.3, -0.25) is 4.79 Å². The molecular formula is C15H20ClFN2O. The van der Waals surface area contributed by atoms with Crippen LogP contribution in [0.4, 0.5) is 4.39 Å². The number of carbonyl (C=O) groups is 1. The van der Waals surface area contributed by atoms with Gasteiger partial charge in [-0.25, -0.2) is 4.39 Å². The Morgan fingerprint density at radius 3 is 2.70 bits per heavy atom. The third kappa shape index (κ3) is 3.30. The number of nitrogens with one attached hydrogen (secondary N) is 1. The molecule has 1 aliphatic rings. The normalized spacial score (nSPS) is 16.5. The second-order valence-electron chi connectivity index (χ2n) is 5.37. The lowest BCUT2D eigenvalue weighted by molar-refractivity contribution is 0.0690. The van der Waals surface area contributed by atoms with Gasteiger partial charge in [0.15, 0.2) is 0 Å². The molecule has 5 heteroatoms. The summed E-state index contributed by atoms with van der Waals surface area (Å²) < 4.78 is 13.6. The molecule has 0 radical (unpaired) electrons. The van der Waals surface area contributed by atoms with E-state index in [-0.39, 0.29) is 17.3 Å². The van der Waals surface area contributed by atoms with Gasteiger partial charge in [-0.15, -0.1) is 0 Å². The third-order valence-electron chi connectivity index (χ3n) is 3.87. The monoisotopic (exact) mass is 298 g/mol. The zero-order chi connectivity index (χ0) is 14.7. The molecule has 1 saturated heterocycles. The Bertz CT molecular complexity index is 499. The lowest BCUT2D eigenvalue weighted by atomic mass is 9.96. The molecule has 0 aliphatic carbocycles. The number of hydrogen-bond donors (Lipinski definition) is 1. The standard InChI is InChI=1S/C15H20ClFN2O/c1-10-7-13(16)12(8-14(10)17)15(20)19-5-3-11(4-6-19)9-18-2/h7-8,11,18H,3-6,9H2,1-2H3. The zero-order valence-corrected chi connectivity index (χ0v) is 12.6. The minimum atomic E-state index is -0.386. The lowest BCUT2D eigenvalue weighted by Crippen LogP contribution is -2.40. The van der Waals surface area contributed by atoms with Gasteiger partial charge < -0.3 is 10.2 Å². The van der Waals surface area contributed by atoms with Crippen LogP contribution in [0.2, 0.25) is 5.02 Å². The highest BCUT2D eigenvalue weighted by Crippen LogP contribution is 2.24. The first-order valence-electron chi connectivity index (χ1n) is 6.92. The highest BCUT2D eigenvalue weighted by atomic mass is 35.5. The van der Waals surface area contributed by atoms with Crippen LogP contribution in [0.5, 0.6) is 0 Å². The molecule has 2 rings (SSSR count). The Hall–Kier alpha value is -1.13. The minimum absolute atomic E-state index is 0.170. The first-order chi connectivity index (χ1) is 9.52. The van der Waals surface area contributed by atoms with Gasteiger partial charge in [0.2, 0.25) is 0 Å². The number of piperidine rings is 1. The first kappa shape index (κ1) is 15.3. The minimum Gasteiger partial charge on any atom is -0.339 e. The molecule has 0 atom stereocenters. The highest BCUT2D eigenvalue weighted by molar-refractivity contribution is 6.33. The van der Waals surface area contributed by atoms with E-state index in [1.165, 1.54) is 12.1 Å². The largest absolute Gasteiger partial charge is 0.339 e. The van der Waals surface area contributed by atoms with E-state index in [1.54, 1.807) is 11.8 Å². The average Bonchev–Trinajstić information content (AvgIpc) is 2.43. The van der Waals surface area contributed by atoms with E-state index in [1.807, 2.05) is 7.05 Å². The van der Waals surface area contributed by atoms with Crippen LogP contribution in [-0.2, 0) is 0 Å². The fourth-order valence-corrected chi connectivity index (χ4v) is 2.91. The van der Waals surface area contributed by atoms with Crippen molar-refractivity contribution in [1.29, 1.82) is 0 Å². The summed E-state index contributed by atoms with van der Waals surface area (Å²) in [6.07, 6.45) is 1.94. The number of nitrogens with zero attached hydrogens (tertiary/aromatic N) is 1. The maximum absolute atomic E-state index is 13.6. The number of carbonyl (C=O) groups excluding carboxylic acids is 1. The highest BCUT2D eigenvalue weighted by Gasteiger charge is 2.25. The molecule has 20 heavy (non-hydrogen) atoms. The fraction of sp³-hybridized carbons (Fsp3) is 0.533. The Kier molecular flexibility index (Phi) is 5.00. The molecule has 110 valence electrons. The molecule has 0 unspecified atom stereocenters. The molecule has 1 heterocycles. The fourth-order valence-electron chi connectivity index (χ4n) is 2.61. The van der Waals surface area contributed by atoms with Crippen LogP contribution in [0.15, 0.2) is 12.1 Å². The summed E-state index contributed by atoms with van der Waals surface area (Å²) in [5.41, 5.74) is 0.723. The molecule has 1 aromatic rings. The summed E-state index contributed by atoms with van der Waals surface area (Å²) in [5.74, 6) is 0.0499. The number of likely N-dealkylation sites (tertiary alicyclic amines) is 1. The summed E-state index contributed by atoms with van der Waals surface area (Å²) in [5, 5.41) is 3.49. The maximum Gasteiger partial charge on any atom is 0.255 e. The van der Waals surface area contributed by atoms with Gasteiger partial charge >= 0.3 is 0 Å². The molecule has 1 amide bonds. The van der Waals surface area contributed by atoms with Crippen LogP contribution < -0.4 is 5.32 Å². The smallest absolute Gasteiger partial charge is 0.255 e. The average molecular weight is 299 g/mol. The van der Waals surface area contributed by atoms with E-state index >= 15 is 0 Å². The predicted molar refractivity (Wildman–Crippen MR) is 78.7 cm³/mol. The molecule has 0 aromatic heterocycles. The molecule has 1 aliphatic heterocycles. The van der Waals surface area contributed by atoms with Crippen molar-refractivity contribution in [3.63, 3.8) is 0 Å². The molecule has 0 saturated carbocycles. The Labute approximate surface area is 124 Å². The number of amides is 1. The second kappa shape index (κ2) is 6.55. The molecule has 3 nitrogen and oxygen atoms in total. The summed E-state index contributed by atoms with van der Waals surface area (Å²) in [7, 11) is 1.94. The maximum atomic E-state index is 13.6. The lowest BCUT2D eigenvalue weighted by Gasteiger charge is -2.32. The SMILES string of the molecule is CNCC1CCN(C(=O)c2cc(F)c(C)cc2Cl)CC1. The molecule has 1 fully saturated rings. The van der Waals surface area contributed by atoms with Gasteiger partial charge in [0, 0.05) is 13.1 Å². The summed E-state index contributed by atoms with van der Waals surface area (Å²) >= 11 is 6.07. The number of halogens is 2. The van der Waals surface area contributed by atoms with Crippen molar-refractivity contribution in [1.82, 2.24) is 10.2 Å². The van der Waals surface area contributed by atoms with Crippen molar-refractivity contribution in [2.45, 2.75) is 19.8 Å². The van der Waals surface area contributed by atoms with Crippen molar-refractivity contribution in [3.8, 4) is 0 Å². The Morgan fingerprint density at radius 1 is 1.45 bits per heavy atom. The van der Waals surface area contributed by atoms with Gasteiger partial charge in [-0.05, 0) is 57.0 Å². The quantitative estimate of drug-likeness (QED) is 0.930. The van der Waals surface area contributed by atoms with Gasteiger partial charge in [0.1, 0.15) is 5.82 Å². The van der Waals surface area contributed by atoms with E-state index in [2.05, 4.69) is 5.32 Å². The number of rotatable bonds is 3. The van der Waals surface area contributed by atoms with Crippen molar-refractivity contribution < 1.29 is 9.18 Å². The van der Waals surface area contributed by atoms with Gasteiger partial charge in [-0.1, -0.05) is 11.6 Å². The summed E-state index contributed by atoms with van der Waals surface area (Å²) in [4.78, 5) is 14.2. The van der Waals surface area contributed by atoms with E-state index in [9.17, 15) is 9.18 Å². The van der Waals surface area contributed by atoms with E-state index in [0.29, 0.717) is 29.6 Å². The Morgan fingerprint density at radius 2 is 2.10 bits per heavy atom. The third-order valence-corrected chi connectivity index (χ3v) is 4.19. The van der Waals surface area contributed by atoms with Crippen LogP contribution >= 0.6 is 11.6 Å². The van der Waals surface area contributed by atoms with Crippen LogP contribution in [0.3, 0.4) is 0 Å². The number of benzene rings is 1. The molecule has 1 N–H and O–H groups in total. The molecule has 0 bridgehead atoms. The van der Waals surface area contributed by atoms with Gasteiger partial charge in [-0.2, -0.15) is 0 Å². The van der Waals surface area contributed by atoms with Gasteiger partial charge in [0.05, 0.1) is 10.6 Å². The van der Waals surface area contributed by atoms with E-state index in [0.717, 1.165) is 19.4 Å². The van der Waals surface area contributed by atoms with Crippen LogP contribution in [0.1, 0.15) is 28.8 Å². The molecular weight excluding hydrogens is 279 g/mol. The summed E-state index contributed by atoms with van der Waals surface area (Å²) in [6, 6.07) is 2.76. The van der Waals surface area contributed by atoms with Crippen LogP contribution in [-0.4, -0.2) is 37.5 Å². The first-order valence-corrected chi connectivity index (χ1v) is 7.30. The van der Waals surface area contributed by atoms with Gasteiger partial charge in [0.25, 0.3) is 5.91 Å². The Balaban J connectivity index is 2.07.